The number of rotatable bonds is 8. The Kier molecular flexibility index (Phi) is 8.40. The summed E-state index contributed by atoms with van der Waals surface area (Å²) in [5, 5.41) is 4.12. The van der Waals surface area contributed by atoms with Crippen molar-refractivity contribution in [3.8, 4) is 0 Å². The predicted molar refractivity (Wildman–Crippen MR) is 61.4 cm³/mol. The lowest BCUT2D eigenvalue weighted by atomic mass is 10.1. The van der Waals surface area contributed by atoms with Crippen molar-refractivity contribution in [2.45, 2.75) is 53.4 Å². The number of hydrogen-bond acceptors (Lipinski definition) is 5. The molecule has 0 fully saturated rings. The van der Waals surface area contributed by atoms with E-state index in [1.807, 2.05) is 27.7 Å². The minimum atomic E-state index is -0.532. The SMILES string of the molecule is CC(C)CCC(=O)OOOC(=O)CCC(C)C. The average Bonchev–Trinajstić information content (AvgIpc) is 2.23. The van der Waals surface area contributed by atoms with E-state index in [9.17, 15) is 9.59 Å². The predicted octanol–water partition coefficient (Wildman–Crippen LogP) is 2.79. The molecule has 0 aromatic carbocycles. The van der Waals surface area contributed by atoms with Gasteiger partial charge in [-0.15, -0.1) is 0 Å². The molecule has 5 nitrogen and oxygen atoms in total. The first-order valence-electron chi connectivity index (χ1n) is 5.98. The molecule has 5 heteroatoms. The van der Waals surface area contributed by atoms with Crippen LogP contribution in [0.1, 0.15) is 53.4 Å². The van der Waals surface area contributed by atoms with Crippen LogP contribution < -0.4 is 0 Å². The molecule has 0 bridgehead atoms. The first-order chi connectivity index (χ1) is 7.91. The molecule has 0 aromatic rings. The number of carbonyl (C=O) groups is 2. The molecule has 0 saturated carbocycles. The molecule has 100 valence electrons. The third kappa shape index (κ3) is 11.2. The fraction of sp³-hybridized carbons (Fsp3) is 0.833. The molecule has 17 heavy (non-hydrogen) atoms. The van der Waals surface area contributed by atoms with E-state index in [2.05, 4.69) is 14.8 Å². The molecule has 0 saturated heterocycles. The van der Waals surface area contributed by atoms with Gasteiger partial charge in [-0.25, -0.2) is 9.59 Å². The van der Waals surface area contributed by atoms with Gasteiger partial charge in [0.1, 0.15) is 0 Å². The molecule has 0 aliphatic carbocycles. The van der Waals surface area contributed by atoms with Gasteiger partial charge in [0.25, 0.3) is 0 Å². The maximum Gasteiger partial charge on any atom is 0.346 e. The molecule has 0 N–H and O–H groups in total. The molecule has 0 aliphatic rings. The van der Waals surface area contributed by atoms with Crippen LogP contribution in [0.4, 0.5) is 0 Å². The van der Waals surface area contributed by atoms with Gasteiger partial charge in [0, 0.05) is 17.9 Å². The second kappa shape index (κ2) is 8.98. The topological polar surface area (TPSA) is 61.8 Å². The Bertz CT molecular complexity index is 211. The fourth-order valence-electron chi connectivity index (χ4n) is 0.989. The summed E-state index contributed by atoms with van der Waals surface area (Å²) in [4.78, 5) is 30.7. The lowest BCUT2D eigenvalue weighted by Gasteiger charge is -2.05. The van der Waals surface area contributed by atoms with Gasteiger partial charge in [0.05, 0.1) is 0 Å². The highest BCUT2D eigenvalue weighted by Crippen LogP contribution is 2.06. The second-order valence-electron chi connectivity index (χ2n) is 4.84. The van der Waals surface area contributed by atoms with Gasteiger partial charge in [-0.2, -0.15) is 0 Å². The summed E-state index contributed by atoms with van der Waals surface area (Å²) < 4.78 is 0. The van der Waals surface area contributed by atoms with Gasteiger partial charge in [0.2, 0.25) is 0 Å². The largest absolute Gasteiger partial charge is 0.346 e. The lowest BCUT2D eigenvalue weighted by Crippen LogP contribution is -2.11. The zero-order valence-corrected chi connectivity index (χ0v) is 11.0. The van der Waals surface area contributed by atoms with E-state index >= 15 is 0 Å². The first kappa shape index (κ1) is 15.9. The van der Waals surface area contributed by atoms with Crippen molar-refractivity contribution >= 4 is 11.9 Å². The zero-order valence-electron chi connectivity index (χ0n) is 11.0. The molecular weight excluding hydrogens is 224 g/mol. The Hall–Kier alpha value is -1.10. The average molecular weight is 246 g/mol. The van der Waals surface area contributed by atoms with Crippen molar-refractivity contribution in [2.24, 2.45) is 11.8 Å². The molecule has 0 heterocycles. The van der Waals surface area contributed by atoms with Crippen molar-refractivity contribution in [1.82, 2.24) is 0 Å². The lowest BCUT2D eigenvalue weighted by molar-refractivity contribution is -0.459. The number of carbonyl (C=O) groups excluding carboxylic acids is 2. The van der Waals surface area contributed by atoms with Crippen LogP contribution >= 0.6 is 0 Å². The standard InChI is InChI=1S/C12H22O5/c1-9(2)5-7-11(13)15-17-16-12(14)8-6-10(3)4/h9-10H,5-8H2,1-4H3. The molecule has 0 aliphatic heterocycles. The Morgan fingerprint density at radius 1 is 0.824 bits per heavy atom. The molecule has 0 rings (SSSR count). The molecule has 0 atom stereocenters. The van der Waals surface area contributed by atoms with Gasteiger partial charge in [-0.05, 0) is 24.7 Å². The van der Waals surface area contributed by atoms with E-state index in [1.54, 1.807) is 0 Å². The van der Waals surface area contributed by atoms with Crippen LogP contribution in [0.25, 0.3) is 0 Å². The van der Waals surface area contributed by atoms with Crippen LogP contribution in [0.2, 0.25) is 0 Å². The normalized spacial score (nSPS) is 10.7. The number of hydrogen-bond donors (Lipinski definition) is 0. The van der Waals surface area contributed by atoms with Crippen molar-refractivity contribution in [3.05, 3.63) is 0 Å². The summed E-state index contributed by atoms with van der Waals surface area (Å²) in [5.41, 5.74) is 0. The Morgan fingerprint density at radius 2 is 1.18 bits per heavy atom. The van der Waals surface area contributed by atoms with Crippen LogP contribution in [-0.2, 0) is 24.4 Å². The summed E-state index contributed by atoms with van der Waals surface area (Å²) in [6, 6.07) is 0. The maximum absolute atomic E-state index is 11.1. The summed E-state index contributed by atoms with van der Waals surface area (Å²) >= 11 is 0. The fourth-order valence-corrected chi connectivity index (χ4v) is 0.989. The first-order valence-corrected chi connectivity index (χ1v) is 5.98. The highest BCUT2D eigenvalue weighted by Gasteiger charge is 2.10. The Morgan fingerprint density at radius 3 is 1.47 bits per heavy atom. The minimum Gasteiger partial charge on any atom is -0.260 e. The van der Waals surface area contributed by atoms with Crippen molar-refractivity contribution < 1.29 is 24.4 Å². The van der Waals surface area contributed by atoms with Crippen LogP contribution in [0, 0.1) is 11.8 Å². The van der Waals surface area contributed by atoms with E-state index in [-0.39, 0.29) is 12.8 Å². The quantitative estimate of drug-likeness (QED) is 0.487. The smallest absolute Gasteiger partial charge is 0.260 e. The van der Waals surface area contributed by atoms with E-state index in [4.69, 9.17) is 0 Å². The molecule has 0 radical (unpaired) electrons. The summed E-state index contributed by atoms with van der Waals surface area (Å²) in [6.07, 6.45) is 1.93. The van der Waals surface area contributed by atoms with Crippen molar-refractivity contribution in [2.75, 3.05) is 0 Å². The third-order valence-electron chi connectivity index (χ3n) is 2.11. The van der Waals surface area contributed by atoms with Gasteiger partial charge < -0.3 is 0 Å². The van der Waals surface area contributed by atoms with E-state index in [0.29, 0.717) is 24.7 Å². The zero-order chi connectivity index (χ0) is 13.3. The highest BCUT2D eigenvalue weighted by atomic mass is 17.5. The van der Waals surface area contributed by atoms with Crippen LogP contribution in [0.3, 0.4) is 0 Å². The van der Waals surface area contributed by atoms with Crippen LogP contribution in [-0.4, -0.2) is 11.9 Å². The third-order valence-corrected chi connectivity index (χ3v) is 2.11. The molecule has 0 unspecified atom stereocenters. The molecule has 0 aromatic heterocycles. The van der Waals surface area contributed by atoms with E-state index in [1.165, 1.54) is 0 Å². The Balaban J connectivity index is 3.49. The minimum absolute atomic E-state index is 0.251. The van der Waals surface area contributed by atoms with Crippen molar-refractivity contribution in [1.29, 1.82) is 0 Å². The summed E-state index contributed by atoms with van der Waals surface area (Å²) in [7, 11) is 0. The van der Waals surface area contributed by atoms with Gasteiger partial charge in [0.15, 0.2) is 0 Å². The second-order valence-corrected chi connectivity index (χ2v) is 4.84. The van der Waals surface area contributed by atoms with Gasteiger partial charge >= 0.3 is 11.9 Å². The summed E-state index contributed by atoms with van der Waals surface area (Å²) in [6.45, 7) is 8.00. The van der Waals surface area contributed by atoms with E-state index in [0.717, 1.165) is 0 Å². The monoisotopic (exact) mass is 246 g/mol. The van der Waals surface area contributed by atoms with Crippen LogP contribution in [0.5, 0.6) is 0 Å². The van der Waals surface area contributed by atoms with Gasteiger partial charge in [-0.1, -0.05) is 27.7 Å². The highest BCUT2D eigenvalue weighted by molar-refractivity contribution is 5.69. The molecule has 0 amide bonds. The maximum atomic E-state index is 11.1. The summed E-state index contributed by atoms with van der Waals surface area (Å²) in [5.74, 6) is -0.238. The van der Waals surface area contributed by atoms with Crippen LogP contribution in [0.15, 0.2) is 0 Å². The van der Waals surface area contributed by atoms with Gasteiger partial charge in [-0.3, -0.25) is 9.78 Å². The van der Waals surface area contributed by atoms with Crippen molar-refractivity contribution in [3.63, 3.8) is 0 Å². The van der Waals surface area contributed by atoms with E-state index < -0.39 is 11.9 Å². The molecular formula is C12H22O5. The Labute approximate surface area is 102 Å². The molecule has 0 spiro atoms.